The Bertz CT molecular complexity index is 1770. The summed E-state index contributed by atoms with van der Waals surface area (Å²) in [7, 11) is 0. The highest BCUT2D eigenvalue weighted by Gasteiger charge is 2.28. The Morgan fingerprint density at radius 1 is 0.294 bits per heavy atom. The summed E-state index contributed by atoms with van der Waals surface area (Å²) in [5.74, 6) is -15.0. The van der Waals surface area contributed by atoms with Gasteiger partial charge < -0.3 is 0 Å². The lowest BCUT2D eigenvalue weighted by Gasteiger charge is -2.11. The highest BCUT2D eigenvalue weighted by atomic mass is 19.2. The lowest BCUT2D eigenvalue weighted by Crippen LogP contribution is -2.06. The molecule has 0 N–H and O–H groups in total. The predicted molar refractivity (Wildman–Crippen MR) is 96.0 cm³/mol. The normalized spacial score (nSPS) is 12.1. The molecule has 8 nitrogen and oxygen atoms in total. The first-order valence-corrected chi connectivity index (χ1v) is 8.84. The summed E-state index contributed by atoms with van der Waals surface area (Å²) < 4.78 is 112. The van der Waals surface area contributed by atoms with Gasteiger partial charge in [-0.05, 0) is 0 Å². The smallest absolute Gasteiger partial charge is 0.223 e. The lowest BCUT2D eigenvalue weighted by molar-refractivity contribution is 0.418. The molecule has 34 heavy (non-hydrogen) atoms. The third-order valence-corrected chi connectivity index (χ3v) is 4.84. The number of fused-ring (bicyclic) bond motifs is 8. The minimum atomic E-state index is -2.22. The van der Waals surface area contributed by atoms with Gasteiger partial charge in [0.25, 0.3) is 23.8 Å². The van der Waals surface area contributed by atoms with E-state index in [0.29, 0.717) is 0 Å². The highest BCUT2D eigenvalue weighted by Crippen LogP contribution is 2.37. The molecule has 0 radical (unpaired) electrons. The van der Waals surface area contributed by atoms with Crippen molar-refractivity contribution in [3.8, 4) is 0 Å². The Kier molecular flexibility index (Phi) is 3.86. The Morgan fingerprint density at radius 3 is 0.853 bits per heavy atom. The topological polar surface area (TPSA) is 103 Å². The maximum atomic E-state index is 14.9. The van der Waals surface area contributed by atoms with Crippen molar-refractivity contribution in [1.82, 2.24) is 39.9 Å². The first-order valence-electron chi connectivity index (χ1n) is 8.84. The molecular formula is C18F8N8. The van der Waals surface area contributed by atoms with Gasteiger partial charge >= 0.3 is 0 Å². The second-order valence-electron chi connectivity index (χ2n) is 6.75. The molecule has 168 valence electrons. The van der Waals surface area contributed by atoms with E-state index in [1.165, 1.54) is 0 Å². The summed E-state index contributed by atoms with van der Waals surface area (Å²) in [4.78, 5) is 28.0. The van der Waals surface area contributed by atoms with Crippen LogP contribution in [0.25, 0.3) is 55.4 Å². The second-order valence-corrected chi connectivity index (χ2v) is 6.75. The Balaban J connectivity index is 1.97. The van der Waals surface area contributed by atoms with Crippen LogP contribution in [0.2, 0.25) is 0 Å². The first-order chi connectivity index (χ1) is 16.2. The summed E-state index contributed by atoms with van der Waals surface area (Å²) in [6.45, 7) is 0. The standard InChI is InChI=1S/C18F8N8/c19-3-1-2(4(20)6(22)5(3)21)8-10(30-18-16(28-8)32-12(24)14(26)34-18)9-7(1)27-15-17(29-9)33-13(25)11(23)31-15. The van der Waals surface area contributed by atoms with Crippen molar-refractivity contribution in [2.45, 2.75) is 0 Å². The maximum Gasteiger partial charge on any atom is 0.270 e. The number of aromatic nitrogens is 8. The van der Waals surface area contributed by atoms with Crippen molar-refractivity contribution < 1.29 is 35.1 Å². The summed E-state index contributed by atoms with van der Waals surface area (Å²) in [5, 5.41) is -2.02. The van der Waals surface area contributed by atoms with Crippen molar-refractivity contribution in [2.75, 3.05) is 0 Å². The summed E-state index contributed by atoms with van der Waals surface area (Å²) in [6.07, 6.45) is 0. The van der Waals surface area contributed by atoms with E-state index in [0.717, 1.165) is 0 Å². The molecule has 0 aliphatic rings. The predicted octanol–water partition coefficient (Wildman–Crippen LogP) is 3.73. The Labute approximate surface area is 178 Å². The van der Waals surface area contributed by atoms with E-state index in [9.17, 15) is 35.1 Å². The number of halogens is 8. The molecule has 0 saturated heterocycles. The van der Waals surface area contributed by atoms with Gasteiger partial charge in [0.1, 0.15) is 22.1 Å². The molecule has 0 aliphatic carbocycles. The molecule has 0 fully saturated rings. The third-order valence-electron chi connectivity index (χ3n) is 4.84. The SMILES string of the molecule is Fc1nc2nc3c4nc5nc(F)c(F)nc5nc4c4c(F)c(F)c(F)c(F)c4c3nc2nc1F. The van der Waals surface area contributed by atoms with Crippen LogP contribution in [0.3, 0.4) is 0 Å². The van der Waals surface area contributed by atoms with Crippen molar-refractivity contribution in [3.63, 3.8) is 0 Å². The number of nitrogens with zero attached hydrogens (tertiary/aromatic N) is 8. The lowest BCUT2D eigenvalue weighted by atomic mass is 10.0. The van der Waals surface area contributed by atoms with E-state index in [4.69, 9.17) is 0 Å². The van der Waals surface area contributed by atoms with Crippen LogP contribution in [0.4, 0.5) is 35.1 Å². The van der Waals surface area contributed by atoms with Crippen LogP contribution in [-0.2, 0) is 0 Å². The van der Waals surface area contributed by atoms with Crippen molar-refractivity contribution in [2.24, 2.45) is 0 Å². The zero-order valence-corrected chi connectivity index (χ0v) is 15.6. The quantitative estimate of drug-likeness (QED) is 0.107. The number of benzene rings is 2. The molecule has 6 aromatic rings. The van der Waals surface area contributed by atoms with Crippen LogP contribution in [0.5, 0.6) is 0 Å². The Morgan fingerprint density at radius 2 is 0.559 bits per heavy atom. The van der Waals surface area contributed by atoms with Gasteiger partial charge in [-0.15, -0.1) is 0 Å². The van der Waals surface area contributed by atoms with E-state index in [1.54, 1.807) is 0 Å². The minimum Gasteiger partial charge on any atom is -0.223 e. The number of hydrogen-bond donors (Lipinski definition) is 0. The van der Waals surface area contributed by atoms with E-state index in [-0.39, 0.29) is 0 Å². The van der Waals surface area contributed by atoms with Gasteiger partial charge in [0, 0.05) is 0 Å². The van der Waals surface area contributed by atoms with Gasteiger partial charge in [-0.25, -0.2) is 37.5 Å². The molecule has 2 aromatic carbocycles. The molecular weight excluding hydrogens is 480 g/mol. The van der Waals surface area contributed by atoms with E-state index in [1.807, 2.05) is 0 Å². The molecule has 0 amide bonds. The zero-order valence-electron chi connectivity index (χ0n) is 15.6. The molecule has 4 aromatic heterocycles. The van der Waals surface area contributed by atoms with Gasteiger partial charge in [-0.3, -0.25) is 0 Å². The fourth-order valence-corrected chi connectivity index (χ4v) is 3.45. The maximum absolute atomic E-state index is 14.9. The molecule has 0 unspecified atom stereocenters. The van der Waals surface area contributed by atoms with Gasteiger partial charge in [0.15, 0.2) is 23.3 Å². The average Bonchev–Trinajstić information content (AvgIpc) is 2.80. The molecule has 6 rings (SSSR count). The van der Waals surface area contributed by atoms with Crippen LogP contribution >= 0.6 is 0 Å². The largest absolute Gasteiger partial charge is 0.270 e. The summed E-state index contributed by atoms with van der Waals surface area (Å²) in [5.41, 5.74) is -5.16. The highest BCUT2D eigenvalue weighted by molar-refractivity contribution is 6.22. The average molecular weight is 480 g/mol. The van der Waals surface area contributed by atoms with Crippen LogP contribution < -0.4 is 0 Å². The van der Waals surface area contributed by atoms with Crippen LogP contribution in [-0.4, -0.2) is 39.9 Å². The van der Waals surface area contributed by atoms with Crippen molar-refractivity contribution in [1.29, 1.82) is 0 Å². The monoisotopic (exact) mass is 480 g/mol. The van der Waals surface area contributed by atoms with E-state index < -0.39 is 102 Å². The first kappa shape index (κ1) is 20.1. The number of rotatable bonds is 0. The summed E-state index contributed by atoms with van der Waals surface area (Å²) >= 11 is 0. The van der Waals surface area contributed by atoms with E-state index >= 15 is 0 Å². The van der Waals surface area contributed by atoms with Crippen LogP contribution in [0.15, 0.2) is 0 Å². The number of hydrogen-bond acceptors (Lipinski definition) is 8. The molecule has 4 heterocycles. The molecule has 16 heteroatoms. The minimum absolute atomic E-state index is 0.541. The Hall–Kier alpha value is -4.50. The van der Waals surface area contributed by atoms with Gasteiger partial charge in [-0.1, -0.05) is 0 Å². The van der Waals surface area contributed by atoms with Crippen molar-refractivity contribution >= 4 is 55.4 Å². The molecule has 0 spiro atoms. The zero-order chi connectivity index (χ0) is 24.0. The van der Waals surface area contributed by atoms with Crippen LogP contribution in [0, 0.1) is 47.1 Å². The molecule has 0 aliphatic heterocycles. The molecule has 0 atom stereocenters. The van der Waals surface area contributed by atoms with Crippen LogP contribution in [0.1, 0.15) is 0 Å². The molecule has 0 bridgehead atoms. The van der Waals surface area contributed by atoms with Gasteiger partial charge in [-0.2, -0.15) is 37.5 Å². The molecule has 0 saturated carbocycles. The summed E-state index contributed by atoms with van der Waals surface area (Å²) in [6, 6.07) is 0. The third kappa shape index (κ3) is 2.52. The van der Waals surface area contributed by atoms with Crippen molar-refractivity contribution in [3.05, 3.63) is 47.1 Å². The fraction of sp³-hybridized carbons (Fsp3) is 0. The fourth-order valence-electron chi connectivity index (χ4n) is 3.45. The van der Waals surface area contributed by atoms with Gasteiger partial charge in [0.2, 0.25) is 22.6 Å². The second kappa shape index (κ2) is 6.52. The van der Waals surface area contributed by atoms with E-state index in [2.05, 4.69) is 39.9 Å². The van der Waals surface area contributed by atoms with Gasteiger partial charge in [0.05, 0.1) is 10.8 Å².